The molecule has 21 heavy (non-hydrogen) atoms. The van der Waals surface area contributed by atoms with Gasteiger partial charge in [0.25, 0.3) is 0 Å². The number of hydrogen-bond donors (Lipinski definition) is 2. The van der Waals surface area contributed by atoms with Crippen molar-refractivity contribution in [1.82, 2.24) is 9.55 Å². The van der Waals surface area contributed by atoms with Crippen molar-refractivity contribution in [2.24, 2.45) is 0 Å². The second kappa shape index (κ2) is 5.58. The molecule has 0 bridgehead atoms. The number of rotatable bonds is 4. The van der Waals surface area contributed by atoms with Gasteiger partial charge in [-0.25, -0.2) is 4.98 Å². The van der Waals surface area contributed by atoms with Gasteiger partial charge in [0, 0.05) is 18.7 Å². The van der Waals surface area contributed by atoms with Gasteiger partial charge in [0.05, 0.1) is 11.2 Å². The fraction of sp³-hybridized carbons (Fsp3) is 0.235. The van der Waals surface area contributed by atoms with Crippen LogP contribution in [0.3, 0.4) is 0 Å². The van der Waals surface area contributed by atoms with Gasteiger partial charge in [0.2, 0.25) is 0 Å². The Balaban J connectivity index is 2.20. The minimum atomic E-state index is 0.162. The number of aromatic nitrogens is 2. The molecule has 0 saturated heterocycles. The highest BCUT2D eigenvalue weighted by atomic mass is 16.3. The highest BCUT2D eigenvalue weighted by molar-refractivity contribution is 5.90. The van der Waals surface area contributed by atoms with Crippen LogP contribution in [0.2, 0.25) is 0 Å². The summed E-state index contributed by atoms with van der Waals surface area (Å²) in [6, 6.07) is 14.1. The number of aliphatic hydroxyl groups excluding tert-OH is 1. The lowest BCUT2D eigenvalue weighted by Gasteiger charge is -2.08. The molecule has 0 fully saturated rings. The maximum Gasteiger partial charge on any atom is 0.141 e. The smallest absolute Gasteiger partial charge is 0.141 e. The Labute approximate surface area is 123 Å². The first-order valence-corrected chi connectivity index (χ1v) is 7.13. The van der Waals surface area contributed by atoms with Crippen LogP contribution in [0.15, 0.2) is 42.5 Å². The predicted octanol–water partition coefficient (Wildman–Crippen LogP) is 2.98. The highest BCUT2D eigenvalue weighted by Crippen LogP contribution is 2.28. The molecule has 0 aliphatic rings. The number of fused-ring (bicyclic) bond motifs is 1. The average molecular weight is 281 g/mol. The molecule has 0 aliphatic heterocycles. The number of hydrogen-bond acceptors (Lipinski definition) is 3. The van der Waals surface area contributed by atoms with Crippen LogP contribution in [0.25, 0.3) is 22.4 Å². The second-order valence-electron chi connectivity index (χ2n) is 5.25. The van der Waals surface area contributed by atoms with Crippen LogP contribution in [0.4, 0.5) is 5.69 Å². The zero-order chi connectivity index (χ0) is 14.8. The molecule has 3 N–H and O–H groups in total. The van der Waals surface area contributed by atoms with Crippen molar-refractivity contribution >= 4 is 16.7 Å². The first kappa shape index (κ1) is 13.6. The zero-order valence-electron chi connectivity index (χ0n) is 12.1. The van der Waals surface area contributed by atoms with Crippen LogP contribution in [0, 0.1) is 6.92 Å². The minimum Gasteiger partial charge on any atom is -0.397 e. The van der Waals surface area contributed by atoms with E-state index in [-0.39, 0.29) is 6.61 Å². The molecule has 0 atom stereocenters. The van der Waals surface area contributed by atoms with Gasteiger partial charge in [-0.2, -0.15) is 0 Å². The minimum absolute atomic E-state index is 0.162. The van der Waals surface area contributed by atoms with Crippen LogP contribution in [0.5, 0.6) is 0 Å². The number of aliphatic hydroxyl groups is 1. The Morgan fingerprint density at radius 2 is 1.90 bits per heavy atom. The summed E-state index contributed by atoms with van der Waals surface area (Å²) in [6.07, 6.45) is 0.694. The molecule has 0 amide bonds. The fourth-order valence-corrected chi connectivity index (χ4v) is 2.55. The van der Waals surface area contributed by atoms with Gasteiger partial charge in [0.1, 0.15) is 11.3 Å². The predicted molar refractivity (Wildman–Crippen MR) is 86.0 cm³/mol. The van der Waals surface area contributed by atoms with E-state index in [1.54, 1.807) is 0 Å². The van der Waals surface area contributed by atoms with Gasteiger partial charge in [-0.3, -0.25) is 0 Å². The van der Waals surface area contributed by atoms with Crippen molar-refractivity contribution in [2.45, 2.75) is 19.9 Å². The summed E-state index contributed by atoms with van der Waals surface area (Å²) in [7, 11) is 0. The van der Waals surface area contributed by atoms with E-state index < -0.39 is 0 Å². The number of para-hydroxylation sites is 1. The molecule has 0 saturated carbocycles. The summed E-state index contributed by atoms with van der Waals surface area (Å²) in [5, 5.41) is 9.13. The fourth-order valence-electron chi connectivity index (χ4n) is 2.55. The maximum absolute atomic E-state index is 9.13. The van der Waals surface area contributed by atoms with Crippen molar-refractivity contribution in [1.29, 1.82) is 0 Å². The molecule has 0 aliphatic carbocycles. The van der Waals surface area contributed by atoms with E-state index in [0.717, 1.165) is 29.0 Å². The molecule has 1 heterocycles. The maximum atomic E-state index is 9.13. The van der Waals surface area contributed by atoms with Gasteiger partial charge in [-0.15, -0.1) is 0 Å². The van der Waals surface area contributed by atoms with Crippen LogP contribution >= 0.6 is 0 Å². The standard InChI is InChI=1S/C17H19N3O/c1-12-6-8-13(9-7-12)17-19-16-14(18)4-2-5-15(16)20(17)10-3-11-21/h2,4-9,21H,3,10-11,18H2,1H3. The van der Waals surface area contributed by atoms with Gasteiger partial charge < -0.3 is 15.4 Å². The van der Waals surface area contributed by atoms with E-state index in [0.29, 0.717) is 12.1 Å². The van der Waals surface area contributed by atoms with Gasteiger partial charge >= 0.3 is 0 Å². The van der Waals surface area contributed by atoms with E-state index in [4.69, 9.17) is 15.8 Å². The third kappa shape index (κ3) is 2.50. The van der Waals surface area contributed by atoms with E-state index in [9.17, 15) is 0 Å². The average Bonchev–Trinajstić information content (AvgIpc) is 2.86. The Bertz CT molecular complexity index is 760. The molecule has 4 heteroatoms. The third-order valence-electron chi connectivity index (χ3n) is 3.66. The molecule has 3 rings (SSSR count). The summed E-state index contributed by atoms with van der Waals surface area (Å²) in [5.74, 6) is 0.899. The molecule has 3 aromatic rings. The monoisotopic (exact) mass is 281 g/mol. The lowest BCUT2D eigenvalue weighted by atomic mass is 10.1. The number of anilines is 1. The summed E-state index contributed by atoms with van der Waals surface area (Å²) in [4.78, 5) is 4.72. The van der Waals surface area contributed by atoms with Crippen LogP contribution < -0.4 is 5.73 Å². The largest absolute Gasteiger partial charge is 0.397 e. The number of imidazole rings is 1. The summed E-state index contributed by atoms with van der Waals surface area (Å²) >= 11 is 0. The van der Waals surface area contributed by atoms with Crippen LogP contribution in [-0.4, -0.2) is 21.3 Å². The number of benzene rings is 2. The molecule has 4 nitrogen and oxygen atoms in total. The number of nitrogens with zero attached hydrogens (tertiary/aromatic N) is 2. The summed E-state index contributed by atoms with van der Waals surface area (Å²) in [6.45, 7) is 2.95. The molecular formula is C17H19N3O. The quantitative estimate of drug-likeness (QED) is 0.723. The number of nitrogen functional groups attached to an aromatic ring is 1. The van der Waals surface area contributed by atoms with Crippen molar-refractivity contribution < 1.29 is 5.11 Å². The van der Waals surface area contributed by atoms with Gasteiger partial charge in [-0.05, 0) is 25.5 Å². The Kier molecular flexibility index (Phi) is 3.62. The molecule has 108 valence electrons. The Hall–Kier alpha value is -2.33. The molecule has 2 aromatic carbocycles. The lowest BCUT2D eigenvalue weighted by Crippen LogP contribution is -2.02. The topological polar surface area (TPSA) is 64.1 Å². The van der Waals surface area contributed by atoms with Gasteiger partial charge in [-0.1, -0.05) is 35.9 Å². The van der Waals surface area contributed by atoms with E-state index in [2.05, 4.69) is 35.8 Å². The van der Waals surface area contributed by atoms with Crippen LogP contribution in [0.1, 0.15) is 12.0 Å². The zero-order valence-corrected chi connectivity index (χ0v) is 12.1. The number of nitrogens with two attached hydrogens (primary N) is 1. The second-order valence-corrected chi connectivity index (χ2v) is 5.25. The first-order chi connectivity index (χ1) is 10.2. The van der Waals surface area contributed by atoms with Crippen molar-refractivity contribution in [3.8, 4) is 11.4 Å². The summed E-state index contributed by atoms with van der Waals surface area (Å²) in [5.41, 5.74) is 10.8. The normalized spacial score (nSPS) is 11.1. The molecule has 0 spiro atoms. The highest BCUT2D eigenvalue weighted by Gasteiger charge is 2.13. The van der Waals surface area contributed by atoms with Gasteiger partial charge in [0.15, 0.2) is 0 Å². The van der Waals surface area contributed by atoms with Crippen molar-refractivity contribution in [3.05, 3.63) is 48.0 Å². The summed E-state index contributed by atoms with van der Waals surface area (Å²) < 4.78 is 2.13. The van der Waals surface area contributed by atoms with E-state index in [1.165, 1.54) is 5.56 Å². The lowest BCUT2D eigenvalue weighted by molar-refractivity contribution is 0.281. The first-order valence-electron chi connectivity index (χ1n) is 7.13. The van der Waals surface area contributed by atoms with Crippen molar-refractivity contribution in [3.63, 3.8) is 0 Å². The Morgan fingerprint density at radius 1 is 1.14 bits per heavy atom. The third-order valence-corrected chi connectivity index (χ3v) is 3.66. The van der Waals surface area contributed by atoms with Crippen molar-refractivity contribution in [2.75, 3.05) is 12.3 Å². The Morgan fingerprint density at radius 3 is 2.62 bits per heavy atom. The van der Waals surface area contributed by atoms with Crippen LogP contribution in [-0.2, 0) is 6.54 Å². The van der Waals surface area contributed by atoms with E-state index >= 15 is 0 Å². The molecule has 0 radical (unpaired) electrons. The number of aryl methyl sites for hydroxylation is 2. The SMILES string of the molecule is Cc1ccc(-c2nc3c(N)cccc3n2CCCO)cc1. The molecular weight excluding hydrogens is 262 g/mol. The molecule has 1 aromatic heterocycles. The molecule has 0 unspecified atom stereocenters. The van der Waals surface area contributed by atoms with E-state index in [1.807, 2.05) is 18.2 Å².